The minimum Gasteiger partial charge on any atom is -0.465 e. The lowest BCUT2D eigenvalue weighted by Crippen LogP contribution is -2.08. The third-order valence-electron chi connectivity index (χ3n) is 1.62. The van der Waals surface area contributed by atoms with Gasteiger partial charge in [0.1, 0.15) is 4.88 Å². The molecule has 4 heteroatoms. The zero-order chi connectivity index (χ0) is 10.8. The summed E-state index contributed by atoms with van der Waals surface area (Å²) in [7, 11) is 1.38. The molecule has 0 atom stereocenters. The summed E-state index contributed by atoms with van der Waals surface area (Å²) in [6, 6.07) is 0. The molecular formula is C10H15NO2S. The molecule has 0 radical (unpaired) electrons. The van der Waals surface area contributed by atoms with Gasteiger partial charge in [-0.3, -0.25) is 0 Å². The van der Waals surface area contributed by atoms with Crippen molar-refractivity contribution in [2.75, 3.05) is 7.11 Å². The second-order valence-electron chi connectivity index (χ2n) is 4.35. The molecule has 1 aromatic heterocycles. The van der Waals surface area contributed by atoms with Gasteiger partial charge in [0.2, 0.25) is 0 Å². The number of thiazole rings is 1. The molecule has 0 saturated heterocycles. The number of carbonyl (C=O) groups is 1. The molecule has 0 fully saturated rings. The van der Waals surface area contributed by atoms with Gasteiger partial charge < -0.3 is 4.74 Å². The first-order chi connectivity index (χ1) is 6.42. The molecule has 0 saturated carbocycles. The average Bonchev–Trinajstić information content (AvgIpc) is 2.48. The van der Waals surface area contributed by atoms with Crippen LogP contribution in [-0.2, 0) is 11.2 Å². The highest BCUT2D eigenvalue weighted by Gasteiger charge is 2.16. The summed E-state index contributed by atoms with van der Waals surface area (Å²) in [5.74, 6) is -0.303. The molecule has 0 aromatic carbocycles. The number of rotatable bonds is 2. The van der Waals surface area contributed by atoms with Crippen LogP contribution in [0.2, 0.25) is 0 Å². The molecule has 0 unspecified atom stereocenters. The summed E-state index contributed by atoms with van der Waals surface area (Å²) in [6.07, 6.45) is 2.46. The topological polar surface area (TPSA) is 39.2 Å². The van der Waals surface area contributed by atoms with E-state index in [1.54, 1.807) is 6.20 Å². The summed E-state index contributed by atoms with van der Waals surface area (Å²) in [5, 5.41) is 0.984. The predicted molar refractivity (Wildman–Crippen MR) is 56.6 cm³/mol. The maximum Gasteiger partial charge on any atom is 0.349 e. The Kier molecular flexibility index (Phi) is 3.26. The third kappa shape index (κ3) is 3.10. The largest absolute Gasteiger partial charge is 0.465 e. The van der Waals surface area contributed by atoms with E-state index in [-0.39, 0.29) is 11.4 Å². The Morgan fingerprint density at radius 3 is 2.71 bits per heavy atom. The molecule has 78 valence electrons. The summed E-state index contributed by atoms with van der Waals surface area (Å²) >= 11 is 1.41. The fourth-order valence-corrected chi connectivity index (χ4v) is 2.18. The smallest absolute Gasteiger partial charge is 0.349 e. The van der Waals surface area contributed by atoms with Crippen molar-refractivity contribution >= 4 is 17.3 Å². The summed E-state index contributed by atoms with van der Waals surface area (Å²) in [5.41, 5.74) is 0.200. The van der Waals surface area contributed by atoms with Gasteiger partial charge in [0.05, 0.1) is 18.3 Å². The lowest BCUT2D eigenvalue weighted by Gasteiger charge is -2.15. The van der Waals surface area contributed by atoms with E-state index in [2.05, 4.69) is 30.5 Å². The fraction of sp³-hybridized carbons (Fsp3) is 0.600. The van der Waals surface area contributed by atoms with E-state index in [1.165, 1.54) is 18.4 Å². The second kappa shape index (κ2) is 4.09. The molecule has 0 aliphatic rings. The lowest BCUT2D eigenvalue weighted by atomic mass is 9.93. The first-order valence-corrected chi connectivity index (χ1v) is 5.27. The van der Waals surface area contributed by atoms with Gasteiger partial charge in [-0.05, 0) is 5.41 Å². The number of aromatic nitrogens is 1. The molecule has 0 N–H and O–H groups in total. The van der Waals surface area contributed by atoms with E-state index < -0.39 is 0 Å². The van der Waals surface area contributed by atoms with Crippen molar-refractivity contribution in [3.8, 4) is 0 Å². The van der Waals surface area contributed by atoms with Gasteiger partial charge in [-0.2, -0.15) is 0 Å². The molecule has 0 aliphatic heterocycles. The number of methoxy groups -OCH3 is 1. The van der Waals surface area contributed by atoms with Crippen LogP contribution < -0.4 is 0 Å². The summed E-state index contributed by atoms with van der Waals surface area (Å²) < 4.78 is 4.61. The van der Waals surface area contributed by atoms with Crippen molar-refractivity contribution in [1.82, 2.24) is 4.98 Å². The van der Waals surface area contributed by atoms with Crippen LogP contribution in [0.4, 0.5) is 0 Å². The van der Waals surface area contributed by atoms with Crippen molar-refractivity contribution in [3.63, 3.8) is 0 Å². The molecule has 0 amide bonds. The molecule has 3 nitrogen and oxygen atoms in total. The first kappa shape index (κ1) is 11.2. The molecule has 1 rings (SSSR count). The monoisotopic (exact) mass is 213 g/mol. The van der Waals surface area contributed by atoms with E-state index in [0.29, 0.717) is 4.88 Å². The highest BCUT2D eigenvalue weighted by atomic mass is 32.1. The number of hydrogen-bond acceptors (Lipinski definition) is 4. The van der Waals surface area contributed by atoms with Gasteiger partial charge >= 0.3 is 5.97 Å². The molecule has 1 aromatic rings. The maximum absolute atomic E-state index is 11.1. The van der Waals surface area contributed by atoms with Crippen molar-refractivity contribution in [2.24, 2.45) is 5.41 Å². The number of ether oxygens (including phenoxy) is 1. The van der Waals surface area contributed by atoms with Gasteiger partial charge in [-0.25, -0.2) is 9.78 Å². The second-order valence-corrected chi connectivity index (χ2v) is 5.46. The predicted octanol–water partition coefficient (Wildman–Crippen LogP) is 2.52. The number of esters is 1. The molecular weight excluding hydrogens is 198 g/mol. The molecule has 0 bridgehead atoms. The van der Waals surface area contributed by atoms with Gasteiger partial charge in [-0.1, -0.05) is 20.8 Å². The van der Waals surface area contributed by atoms with Gasteiger partial charge in [0, 0.05) is 6.42 Å². The van der Waals surface area contributed by atoms with Crippen LogP contribution in [0.5, 0.6) is 0 Å². The molecule has 0 spiro atoms. The molecule has 0 aliphatic carbocycles. The Balaban J connectivity index is 2.74. The van der Waals surface area contributed by atoms with Crippen LogP contribution in [0.1, 0.15) is 35.5 Å². The standard InChI is InChI=1S/C10H15NO2S/c1-10(2,3)5-8-11-6-7(14-8)9(12)13-4/h6H,5H2,1-4H3. The van der Waals surface area contributed by atoms with Crippen LogP contribution >= 0.6 is 11.3 Å². The lowest BCUT2D eigenvalue weighted by molar-refractivity contribution is 0.0606. The number of carbonyl (C=O) groups excluding carboxylic acids is 1. The van der Waals surface area contributed by atoms with Gasteiger partial charge in [-0.15, -0.1) is 11.3 Å². The van der Waals surface area contributed by atoms with Crippen LogP contribution in [0, 0.1) is 5.41 Å². The minimum absolute atomic E-state index is 0.200. The Morgan fingerprint density at radius 1 is 1.57 bits per heavy atom. The summed E-state index contributed by atoms with van der Waals surface area (Å²) in [6.45, 7) is 6.44. The highest BCUT2D eigenvalue weighted by molar-refractivity contribution is 7.13. The van der Waals surface area contributed by atoms with E-state index >= 15 is 0 Å². The molecule has 1 heterocycles. The number of nitrogens with zero attached hydrogens (tertiary/aromatic N) is 1. The van der Waals surface area contributed by atoms with Crippen LogP contribution in [0.25, 0.3) is 0 Å². The zero-order valence-corrected chi connectivity index (χ0v) is 9.77. The van der Waals surface area contributed by atoms with Crippen LogP contribution in [0.3, 0.4) is 0 Å². The maximum atomic E-state index is 11.1. The Morgan fingerprint density at radius 2 is 2.21 bits per heavy atom. The van der Waals surface area contributed by atoms with E-state index in [1.807, 2.05) is 0 Å². The Bertz CT molecular complexity index is 325. The van der Waals surface area contributed by atoms with E-state index in [9.17, 15) is 4.79 Å². The first-order valence-electron chi connectivity index (χ1n) is 4.45. The average molecular weight is 213 g/mol. The van der Waals surface area contributed by atoms with Crippen molar-refractivity contribution < 1.29 is 9.53 Å². The van der Waals surface area contributed by atoms with Crippen LogP contribution in [0.15, 0.2) is 6.20 Å². The Hall–Kier alpha value is -0.900. The summed E-state index contributed by atoms with van der Waals surface area (Å²) in [4.78, 5) is 15.9. The quantitative estimate of drug-likeness (QED) is 0.709. The van der Waals surface area contributed by atoms with Gasteiger partial charge in [0.15, 0.2) is 0 Å². The minimum atomic E-state index is -0.303. The van der Waals surface area contributed by atoms with Gasteiger partial charge in [0.25, 0.3) is 0 Å². The third-order valence-corrected chi connectivity index (χ3v) is 2.60. The van der Waals surface area contributed by atoms with Crippen molar-refractivity contribution in [2.45, 2.75) is 27.2 Å². The highest BCUT2D eigenvalue weighted by Crippen LogP contribution is 2.24. The van der Waals surface area contributed by atoms with Crippen molar-refractivity contribution in [3.05, 3.63) is 16.1 Å². The van der Waals surface area contributed by atoms with E-state index in [0.717, 1.165) is 11.4 Å². The van der Waals surface area contributed by atoms with Crippen LogP contribution in [-0.4, -0.2) is 18.1 Å². The number of hydrogen-bond donors (Lipinski definition) is 0. The fourth-order valence-electron chi connectivity index (χ4n) is 1.04. The molecule has 14 heavy (non-hydrogen) atoms. The zero-order valence-electron chi connectivity index (χ0n) is 8.96. The Labute approximate surface area is 88.1 Å². The normalized spacial score (nSPS) is 11.4. The van der Waals surface area contributed by atoms with E-state index in [4.69, 9.17) is 0 Å². The van der Waals surface area contributed by atoms with Crippen molar-refractivity contribution in [1.29, 1.82) is 0 Å². The SMILES string of the molecule is COC(=O)c1cnc(CC(C)(C)C)s1.